The number of hydrogen-bond donors (Lipinski definition) is 1. The molecule has 3 aromatic carbocycles. The van der Waals surface area contributed by atoms with Crippen LogP contribution in [0.15, 0.2) is 75.9 Å². The molecule has 1 N–H and O–H groups in total. The minimum atomic E-state index is -0.360. The molecule has 4 aromatic rings. The molecule has 5 rings (SSSR count). The van der Waals surface area contributed by atoms with Gasteiger partial charge in [0.2, 0.25) is 5.91 Å². The Morgan fingerprint density at radius 1 is 0.966 bits per heavy atom. The van der Waals surface area contributed by atoms with Gasteiger partial charge in [-0.25, -0.2) is 4.79 Å². The van der Waals surface area contributed by atoms with Gasteiger partial charge in [0, 0.05) is 42.3 Å². The molecule has 0 aliphatic carbocycles. The van der Waals surface area contributed by atoms with E-state index in [9.17, 15) is 9.59 Å². The van der Waals surface area contributed by atoms with Crippen LogP contribution in [0.25, 0.3) is 21.7 Å². The van der Waals surface area contributed by atoms with E-state index in [1.807, 2.05) is 65.6 Å². The van der Waals surface area contributed by atoms with Crippen molar-refractivity contribution in [3.05, 3.63) is 82.7 Å². The Morgan fingerprint density at radius 3 is 2.72 bits per heavy atom. The molecule has 1 aromatic heterocycles. The lowest BCUT2D eigenvalue weighted by atomic mass is 10.0. The van der Waals surface area contributed by atoms with Gasteiger partial charge in [-0.3, -0.25) is 4.79 Å². The second kappa shape index (κ2) is 7.09. The van der Waals surface area contributed by atoms with Gasteiger partial charge in [0.15, 0.2) is 0 Å². The van der Waals surface area contributed by atoms with Crippen LogP contribution in [0.2, 0.25) is 0 Å². The highest BCUT2D eigenvalue weighted by Gasteiger charge is 2.21. The van der Waals surface area contributed by atoms with Crippen LogP contribution < -0.4 is 15.8 Å². The summed E-state index contributed by atoms with van der Waals surface area (Å²) in [5.41, 5.74) is 2.92. The van der Waals surface area contributed by atoms with Crippen LogP contribution >= 0.6 is 0 Å². The number of nitrogens with one attached hydrogen (secondary N) is 1. The number of rotatable bonds is 4. The fraction of sp³-hybridized carbons (Fsp3) is 0.167. The largest absolute Gasteiger partial charge is 0.423 e. The Hall–Kier alpha value is -3.60. The molecule has 144 valence electrons. The molecule has 1 saturated heterocycles. The van der Waals surface area contributed by atoms with Crippen molar-refractivity contribution in [3.8, 4) is 0 Å². The summed E-state index contributed by atoms with van der Waals surface area (Å²) in [5.74, 6) is 0.167. The minimum Gasteiger partial charge on any atom is -0.423 e. The van der Waals surface area contributed by atoms with Gasteiger partial charge < -0.3 is 14.6 Å². The lowest BCUT2D eigenvalue weighted by molar-refractivity contribution is -0.117. The van der Waals surface area contributed by atoms with Crippen LogP contribution in [-0.4, -0.2) is 12.5 Å². The van der Waals surface area contributed by atoms with E-state index in [0.29, 0.717) is 18.5 Å². The summed E-state index contributed by atoms with van der Waals surface area (Å²) in [6.07, 6.45) is 1.51. The Balaban J connectivity index is 1.50. The Morgan fingerprint density at radius 2 is 1.86 bits per heavy atom. The quantitative estimate of drug-likeness (QED) is 0.410. The maximum Gasteiger partial charge on any atom is 0.336 e. The lowest BCUT2D eigenvalue weighted by Crippen LogP contribution is -2.23. The molecular weight excluding hydrogens is 364 g/mol. The molecule has 1 fully saturated rings. The molecule has 1 aliphatic heterocycles. The van der Waals surface area contributed by atoms with Crippen molar-refractivity contribution in [2.45, 2.75) is 19.4 Å². The molecule has 5 nitrogen and oxygen atoms in total. The zero-order valence-corrected chi connectivity index (χ0v) is 15.9. The summed E-state index contributed by atoms with van der Waals surface area (Å²) in [6.45, 7) is 1.24. The maximum absolute atomic E-state index is 12.1. The number of amides is 1. The maximum atomic E-state index is 12.1. The first-order chi connectivity index (χ1) is 14.2. The van der Waals surface area contributed by atoms with E-state index in [-0.39, 0.29) is 11.5 Å². The van der Waals surface area contributed by atoms with Crippen molar-refractivity contribution in [2.75, 3.05) is 16.8 Å². The fourth-order valence-electron chi connectivity index (χ4n) is 4.06. The van der Waals surface area contributed by atoms with Gasteiger partial charge in [-0.1, -0.05) is 36.4 Å². The van der Waals surface area contributed by atoms with Crippen molar-refractivity contribution in [3.63, 3.8) is 0 Å². The topological polar surface area (TPSA) is 62.6 Å². The van der Waals surface area contributed by atoms with Gasteiger partial charge >= 0.3 is 5.63 Å². The highest BCUT2D eigenvalue weighted by atomic mass is 16.4. The summed E-state index contributed by atoms with van der Waals surface area (Å²) in [5, 5.41) is 6.51. The predicted molar refractivity (Wildman–Crippen MR) is 115 cm³/mol. The molecular formula is C24H20N2O3. The normalized spacial score (nSPS) is 14.1. The lowest BCUT2D eigenvalue weighted by Gasteiger charge is -2.17. The molecule has 0 spiro atoms. The number of fused-ring (bicyclic) bond motifs is 3. The van der Waals surface area contributed by atoms with Gasteiger partial charge in [-0.15, -0.1) is 0 Å². The molecule has 5 heteroatoms. The predicted octanol–water partition coefficient (Wildman–Crippen LogP) is 4.69. The third kappa shape index (κ3) is 3.25. The summed E-state index contributed by atoms with van der Waals surface area (Å²) >= 11 is 0. The molecule has 0 unspecified atom stereocenters. The Labute approximate surface area is 167 Å². The first kappa shape index (κ1) is 17.5. The number of nitrogens with zero attached hydrogens (tertiary/aromatic N) is 1. The van der Waals surface area contributed by atoms with Crippen molar-refractivity contribution in [1.29, 1.82) is 0 Å². The molecule has 0 radical (unpaired) electrons. The van der Waals surface area contributed by atoms with Gasteiger partial charge in [0.05, 0.1) is 0 Å². The van der Waals surface area contributed by atoms with Crippen molar-refractivity contribution >= 4 is 39.0 Å². The number of hydrogen-bond acceptors (Lipinski definition) is 4. The van der Waals surface area contributed by atoms with Crippen LogP contribution in [0.3, 0.4) is 0 Å². The van der Waals surface area contributed by atoms with E-state index >= 15 is 0 Å². The molecule has 29 heavy (non-hydrogen) atoms. The van der Waals surface area contributed by atoms with Crippen LogP contribution in [0.1, 0.15) is 18.4 Å². The highest BCUT2D eigenvalue weighted by Crippen LogP contribution is 2.29. The number of benzene rings is 3. The van der Waals surface area contributed by atoms with E-state index in [0.717, 1.165) is 46.1 Å². The second-order valence-corrected chi connectivity index (χ2v) is 7.30. The van der Waals surface area contributed by atoms with E-state index in [1.165, 1.54) is 0 Å². The molecule has 1 aliphatic rings. The van der Waals surface area contributed by atoms with Crippen LogP contribution in [0.5, 0.6) is 0 Å². The Bertz CT molecular complexity index is 1290. The monoisotopic (exact) mass is 384 g/mol. The number of carbonyl (C=O) groups is 1. The smallest absolute Gasteiger partial charge is 0.336 e. The zero-order valence-electron chi connectivity index (χ0n) is 15.9. The van der Waals surface area contributed by atoms with Crippen molar-refractivity contribution in [2.24, 2.45) is 0 Å². The third-order valence-electron chi connectivity index (χ3n) is 5.43. The van der Waals surface area contributed by atoms with Gasteiger partial charge in [0.1, 0.15) is 5.58 Å². The van der Waals surface area contributed by atoms with E-state index in [2.05, 4.69) is 5.32 Å². The van der Waals surface area contributed by atoms with Gasteiger partial charge in [-0.05, 0) is 47.0 Å². The molecule has 0 saturated carbocycles. The average Bonchev–Trinajstić information content (AvgIpc) is 3.17. The molecule has 2 heterocycles. The molecule has 0 atom stereocenters. The van der Waals surface area contributed by atoms with Crippen LogP contribution in [0, 0.1) is 0 Å². The Kier molecular flexibility index (Phi) is 4.28. The second-order valence-electron chi connectivity index (χ2n) is 7.30. The average molecular weight is 384 g/mol. The van der Waals surface area contributed by atoms with Crippen molar-refractivity contribution < 1.29 is 9.21 Å². The van der Waals surface area contributed by atoms with E-state index in [1.54, 1.807) is 6.07 Å². The fourth-order valence-corrected chi connectivity index (χ4v) is 4.06. The minimum absolute atomic E-state index is 0.167. The third-order valence-corrected chi connectivity index (χ3v) is 5.43. The summed E-state index contributed by atoms with van der Waals surface area (Å²) in [6, 6.07) is 21.3. The number of anilines is 2. The molecule has 0 bridgehead atoms. The van der Waals surface area contributed by atoms with Crippen LogP contribution in [-0.2, 0) is 11.3 Å². The highest BCUT2D eigenvalue weighted by molar-refractivity contribution is 6.07. The summed E-state index contributed by atoms with van der Waals surface area (Å²) < 4.78 is 5.43. The molecule has 1 amide bonds. The summed E-state index contributed by atoms with van der Waals surface area (Å²) in [4.78, 5) is 25.9. The first-order valence-corrected chi connectivity index (χ1v) is 9.78. The standard InChI is InChI=1S/C24H20N2O3/c27-22-9-4-12-26(22)19-7-3-6-18(14-19)25-15-17-13-23(28)29-21-11-10-16-5-1-2-8-20(16)24(17)21/h1-3,5-8,10-11,13-14,25H,4,9,12,15H2. The summed E-state index contributed by atoms with van der Waals surface area (Å²) in [7, 11) is 0. The van der Waals surface area contributed by atoms with E-state index in [4.69, 9.17) is 4.42 Å². The van der Waals surface area contributed by atoms with Gasteiger partial charge in [0.25, 0.3) is 0 Å². The van der Waals surface area contributed by atoms with Crippen LogP contribution in [0.4, 0.5) is 11.4 Å². The first-order valence-electron chi connectivity index (χ1n) is 9.78. The van der Waals surface area contributed by atoms with Gasteiger partial charge in [-0.2, -0.15) is 0 Å². The van der Waals surface area contributed by atoms with Crippen molar-refractivity contribution in [1.82, 2.24) is 0 Å². The SMILES string of the molecule is O=C1CCCN1c1cccc(NCc2cc(=O)oc3ccc4ccccc4c23)c1. The zero-order chi connectivity index (χ0) is 19.8. The number of carbonyl (C=O) groups excluding carboxylic acids is 1. The van der Waals surface area contributed by atoms with E-state index < -0.39 is 0 Å².